The number of hydrogen-bond acceptors (Lipinski definition) is 3. The molecule has 0 bridgehead atoms. The maximum atomic E-state index is 10.7. The molecule has 0 heterocycles. The summed E-state index contributed by atoms with van der Waals surface area (Å²) in [5.41, 5.74) is 0. The number of rotatable bonds is 5. The Labute approximate surface area is 61.4 Å². The molecule has 0 rings (SSSR count). The lowest BCUT2D eigenvalue weighted by atomic mass is 10.1. The van der Waals surface area contributed by atoms with E-state index in [1.54, 1.807) is 6.92 Å². The normalized spacial score (nSPS) is 13.1. The Morgan fingerprint density at radius 1 is 1.70 bits per heavy atom. The molecule has 2 N–H and O–H groups in total. The van der Waals surface area contributed by atoms with E-state index in [2.05, 4.69) is 5.32 Å². The van der Waals surface area contributed by atoms with E-state index < -0.39 is 0 Å². The monoisotopic (exact) mass is 145 g/mol. The Morgan fingerprint density at radius 3 is 2.60 bits per heavy atom. The van der Waals surface area contributed by atoms with Gasteiger partial charge in [0.1, 0.15) is 5.78 Å². The van der Waals surface area contributed by atoms with Crippen LogP contribution in [0.25, 0.3) is 0 Å². The van der Waals surface area contributed by atoms with Crippen LogP contribution in [0.5, 0.6) is 0 Å². The number of hydrogen-bond donors (Lipinski definition) is 2. The highest BCUT2D eigenvalue weighted by Crippen LogP contribution is 1.90. The van der Waals surface area contributed by atoms with Gasteiger partial charge in [0.2, 0.25) is 0 Å². The molecule has 0 saturated heterocycles. The highest BCUT2D eigenvalue weighted by atomic mass is 16.3. The average molecular weight is 145 g/mol. The molecule has 0 aliphatic rings. The van der Waals surface area contributed by atoms with Crippen molar-refractivity contribution < 1.29 is 9.90 Å². The van der Waals surface area contributed by atoms with E-state index in [1.165, 1.54) is 0 Å². The lowest BCUT2D eigenvalue weighted by molar-refractivity contribution is -0.119. The molecule has 0 aromatic heterocycles. The van der Waals surface area contributed by atoms with Gasteiger partial charge in [-0.05, 0) is 13.3 Å². The van der Waals surface area contributed by atoms with Crippen LogP contribution in [0.3, 0.4) is 0 Å². The van der Waals surface area contributed by atoms with Crippen LogP contribution in [0.4, 0.5) is 0 Å². The van der Waals surface area contributed by atoms with Gasteiger partial charge in [-0.25, -0.2) is 0 Å². The topological polar surface area (TPSA) is 49.3 Å². The van der Waals surface area contributed by atoms with Crippen LogP contribution >= 0.6 is 0 Å². The summed E-state index contributed by atoms with van der Waals surface area (Å²) < 4.78 is 0. The van der Waals surface area contributed by atoms with Crippen LogP contribution in [0.1, 0.15) is 20.3 Å². The van der Waals surface area contributed by atoms with Crippen molar-refractivity contribution in [2.45, 2.75) is 26.3 Å². The van der Waals surface area contributed by atoms with Gasteiger partial charge in [0.25, 0.3) is 0 Å². The fourth-order valence-electron chi connectivity index (χ4n) is 0.814. The predicted molar refractivity (Wildman–Crippen MR) is 39.8 cm³/mol. The first-order valence-electron chi connectivity index (χ1n) is 3.57. The second-order valence-electron chi connectivity index (χ2n) is 2.25. The lowest BCUT2D eigenvalue weighted by Gasteiger charge is -2.11. The van der Waals surface area contributed by atoms with Gasteiger partial charge in [-0.15, -0.1) is 0 Å². The predicted octanol–water partition coefficient (Wildman–Crippen LogP) is -0.0641. The van der Waals surface area contributed by atoms with E-state index in [1.807, 2.05) is 6.92 Å². The Bertz CT molecular complexity index is 104. The highest BCUT2D eigenvalue weighted by Gasteiger charge is 2.08. The van der Waals surface area contributed by atoms with E-state index in [-0.39, 0.29) is 18.4 Å². The van der Waals surface area contributed by atoms with Crippen molar-refractivity contribution in [2.75, 3.05) is 13.2 Å². The van der Waals surface area contributed by atoms with Gasteiger partial charge in [-0.1, -0.05) is 6.92 Å². The largest absolute Gasteiger partial charge is 0.395 e. The Hall–Kier alpha value is -0.410. The average Bonchev–Trinajstić information content (AvgIpc) is 1.89. The zero-order chi connectivity index (χ0) is 7.98. The highest BCUT2D eigenvalue weighted by molar-refractivity contribution is 5.81. The third-order valence-corrected chi connectivity index (χ3v) is 1.40. The van der Waals surface area contributed by atoms with Gasteiger partial charge >= 0.3 is 0 Å². The maximum Gasteiger partial charge on any atom is 0.146 e. The Balaban J connectivity index is 3.50. The summed E-state index contributed by atoms with van der Waals surface area (Å²) >= 11 is 0. The van der Waals surface area contributed by atoms with Crippen molar-refractivity contribution in [2.24, 2.45) is 0 Å². The van der Waals surface area contributed by atoms with Crippen molar-refractivity contribution in [1.29, 1.82) is 0 Å². The third-order valence-electron chi connectivity index (χ3n) is 1.40. The molecule has 0 aliphatic heterocycles. The first kappa shape index (κ1) is 9.59. The van der Waals surface area contributed by atoms with Crippen molar-refractivity contribution in [1.82, 2.24) is 5.32 Å². The third kappa shape index (κ3) is 3.58. The standard InChI is InChI=1S/C7H15NO2/c1-3-7(6(2)10)8-4-5-9/h7-9H,3-5H2,1-2H3/t7-/m1/s1. The number of aliphatic hydroxyl groups is 1. The van der Waals surface area contributed by atoms with E-state index in [0.29, 0.717) is 6.54 Å². The van der Waals surface area contributed by atoms with Crippen molar-refractivity contribution in [3.8, 4) is 0 Å². The summed E-state index contributed by atoms with van der Waals surface area (Å²) in [6, 6.07) is -0.0767. The minimum atomic E-state index is -0.0767. The number of Topliss-reactive ketones (excluding diaryl/α,β-unsaturated/α-hetero) is 1. The van der Waals surface area contributed by atoms with Gasteiger partial charge in [0.05, 0.1) is 12.6 Å². The number of nitrogens with one attached hydrogen (secondary N) is 1. The molecule has 0 aromatic carbocycles. The van der Waals surface area contributed by atoms with Gasteiger partial charge in [0, 0.05) is 6.54 Å². The SMILES string of the molecule is CC[C@@H](NCCO)C(C)=O. The number of carbonyl (C=O) groups is 1. The van der Waals surface area contributed by atoms with E-state index in [9.17, 15) is 4.79 Å². The first-order valence-corrected chi connectivity index (χ1v) is 3.57. The molecule has 0 saturated carbocycles. The summed E-state index contributed by atoms with van der Waals surface area (Å²) in [5, 5.41) is 11.3. The van der Waals surface area contributed by atoms with Gasteiger partial charge in [-0.2, -0.15) is 0 Å². The minimum Gasteiger partial charge on any atom is -0.395 e. The smallest absolute Gasteiger partial charge is 0.146 e. The van der Waals surface area contributed by atoms with Crippen LogP contribution in [-0.4, -0.2) is 30.1 Å². The van der Waals surface area contributed by atoms with E-state index >= 15 is 0 Å². The quantitative estimate of drug-likeness (QED) is 0.569. The number of ketones is 1. The van der Waals surface area contributed by atoms with Crippen LogP contribution in [0.2, 0.25) is 0 Å². The lowest BCUT2D eigenvalue weighted by Crippen LogP contribution is -2.36. The second-order valence-corrected chi connectivity index (χ2v) is 2.25. The molecular weight excluding hydrogens is 130 g/mol. The summed E-state index contributed by atoms with van der Waals surface area (Å²) in [6.45, 7) is 4.08. The van der Waals surface area contributed by atoms with Gasteiger partial charge in [-0.3, -0.25) is 4.79 Å². The maximum absolute atomic E-state index is 10.7. The summed E-state index contributed by atoms with van der Waals surface area (Å²) in [6.07, 6.45) is 0.787. The zero-order valence-electron chi connectivity index (χ0n) is 6.55. The van der Waals surface area contributed by atoms with Crippen molar-refractivity contribution >= 4 is 5.78 Å². The zero-order valence-corrected chi connectivity index (χ0v) is 6.55. The minimum absolute atomic E-state index is 0.0767. The first-order chi connectivity index (χ1) is 4.72. The molecule has 0 fully saturated rings. The van der Waals surface area contributed by atoms with Crippen LogP contribution in [0.15, 0.2) is 0 Å². The van der Waals surface area contributed by atoms with Crippen LogP contribution < -0.4 is 5.32 Å². The number of carbonyl (C=O) groups excluding carboxylic acids is 1. The molecule has 3 nitrogen and oxygen atoms in total. The van der Waals surface area contributed by atoms with E-state index in [4.69, 9.17) is 5.11 Å². The molecule has 60 valence electrons. The summed E-state index contributed by atoms with van der Waals surface area (Å²) in [4.78, 5) is 10.7. The molecule has 0 radical (unpaired) electrons. The number of aliphatic hydroxyl groups excluding tert-OH is 1. The van der Waals surface area contributed by atoms with Crippen LogP contribution in [0, 0.1) is 0 Å². The summed E-state index contributed by atoms with van der Waals surface area (Å²) in [5.74, 6) is 0.135. The van der Waals surface area contributed by atoms with Gasteiger partial charge < -0.3 is 10.4 Å². The molecule has 1 atom stereocenters. The van der Waals surface area contributed by atoms with Crippen molar-refractivity contribution in [3.63, 3.8) is 0 Å². The fraction of sp³-hybridized carbons (Fsp3) is 0.857. The molecule has 0 unspecified atom stereocenters. The molecular formula is C7H15NO2. The summed E-state index contributed by atoms with van der Waals surface area (Å²) in [7, 11) is 0. The molecule has 10 heavy (non-hydrogen) atoms. The molecule has 3 heteroatoms. The van der Waals surface area contributed by atoms with Gasteiger partial charge in [0.15, 0.2) is 0 Å². The Morgan fingerprint density at radius 2 is 2.30 bits per heavy atom. The van der Waals surface area contributed by atoms with E-state index in [0.717, 1.165) is 6.42 Å². The molecule has 0 aromatic rings. The second kappa shape index (κ2) is 5.38. The fourth-order valence-corrected chi connectivity index (χ4v) is 0.814. The molecule has 0 amide bonds. The Kier molecular flexibility index (Phi) is 5.16. The molecule has 0 aliphatic carbocycles. The van der Waals surface area contributed by atoms with Crippen molar-refractivity contribution in [3.05, 3.63) is 0 Å². The van der Waals surface area contributed by atoms with Crippen LogP contribution in [-0.2, 0) is 4.79 Å². The molecule has 0 spiro atoms.